The van der Waals surface area contributed by atoms with Gasteiger partial charge in [0.15, 0.2) is 0 Å². The van der Waals surface area contributed by atoms with Crippen LogP contribution >= 0.6 is 15.8 Å². The highest BCUT2D eigenvalue weighted by molar-refractivity contribution is 7.80. The molecule has 0 saturated carbocycles. The van der Waals surface area contributed by atoms with E-state index in [0.717, 1.165) is 11.5 Å². The van der Waals surface area contributed by atoms with Crippen molar-refractivity contribution in [2.24, 2.45) is 0 Å². The molecule has 0 atom stereocenters. The van der Waals surface area contributed by atoms with Crippen LogP contribution in [0.5, 0.6) is 11.5 Å². The second kappa shape index (κ2) is 12.3. The third-order valence-corrected chi connectivity index (χ3v) is 15.0. The lowest BCUT2D eigenvalue weighted by atomic mass is 9.75. The Kier molecular flexibility index (Phi) is 8.19. The fourth-order valence-electron chi connectivity index (χ4n) is 7.12. The standard InChI is InChI=1S/C43H40OP2/c1-29-17-7-11-23-35(29)45(36-24-12-8-18-30(36)2)39-27-15-21-33-41(39)43(5,6)42-34(44-33)22-16-28-40(42)46(37-25-13-9-19-31(37)3)38-26-14-10-20-32(38)4/h7-28H,1-6H3. The molecule has 0 aliphatic carbocycles. The molecule has 1 heterocycles. The average Bonchev–Trinajstić information content (AvgIpc) is 3.04. The van der Waals surface area contributed by atoms with E-state index in [1.165, 1.54) is 65.2 Å². The fraction of sp³-hybridized carbons (Fsp3) is 0.163. The molecule has 3 heteroatoms. The van der Waals surface area contributed by atoms with Crippen LogP contribution in [0.4, 0.5) is 0 Å². The lowest BCUT2D eigenvalue weighted by Gasteiger charge is -2.40. The Labute approximate surface area is 276 Å². The first-order valence-electron chi connectivity index (χ1n) is 16.0. The largest absolute Gasteiger partial charge is 0.457 e. The van der Waals surface area contributed by atoms with Crippen LogP contribution in [-0.4, -0.2) is 0 Å². The van der Waals surface area contributed by atoms with Crippen molar-refractivity contribution in [3.63, 3.8) is 0 Å². The van der Waals surface area contributed by atoms with Crippen LogP contribution in [0.25, 0.3) is 0 Å². The highest BCUT2D eigenvalue weighted by Crippen LogP contribution is 2.52. The van der Waals surface area contributed by atoms with Gasteiger partial charge in [-0.2, -0.15) is 0 Å². The SMILES string of the molecule is Cc1ccccc1P(c1ccccc1C)c1cccc2c1C(C)(C)c1c(cccc1P(c1ccccc1C)c1ccccc1C)O2. The molecule has 1 aliphatic heterocycles. The maximum Gasteiger partial charge on any atom is 0.132 e. The molecule has 46 heavy (non-hydrogen) atoms. The monoisotopic (exact) mass is 634 g/mol. The summed E-state index contributed by atoms with van der Waals surface area (Å²) < 4.78 is 6.98. The Morgan fingerprint density at radius 2 is 0.652 bits per heavy atom. The first kappa shape index (κ1) is 30.6. The normalized spacial score (nSPS) is 13.3. The summed E-state index contributed by atoms with van der Waals surface area (Å²) in [6.07, 6.45) is 0. The fourth-order valence-corrected chi connectivity index (χ4v) is 13.0. The van der Waals surface area contributed by atoms with Crippen LogP contribution in [0.15, 0.2) is 133 Å². The third kappa shape index (κ3) is 5.21. The Hall–Kier alpha value is -4.02. The van der Waals surface area contributed by atoms with Crippen LogP contribution in [0, 0.1) is 27.7 Å². The maximum atomic E-state index is 6.98. The van der Waals surface area contributed by atoms with Crippen LogP contribution in [0.3, 0.4) is 0 Å². The summed E-state index contributed by atoms with van der Waals surface area (Å²) >= 11 is 0. The zero-order valence-corrected chi connectivity index (χ0v) is 29.3. The highest BCUT2D eigenvalue weighted by atomic mass is 31.1. The van der Waals surface area contributed by atoms with Crippen molar-refractivity contribution in [3.8, 4) is 11.5 Å². The lowest BCUT2D eigenvalue weighted by Crippen LogP contribution is -2.39. The van der Waals surface area contributed by atoms with Crippen molar-refractivity contribution in [2.45, 2.75) is 47.0 Å². The van der Waals surface area contributed by atoms with Gasteiger partial charge in [0.25, 0.3) is 0 Å². The quantitative estimate of drug-likeness (QED) is 0.166. The minimum atomic E-state index is -0.848. The minimum Gasteiger partial charge on any atom is -0.457 e. The number of benzene rings is 6. The predicted molar refractivity (Wildman–Crippen MR) is 201 cm³/mol. The average molecular weight is 635 g/mol. The van der Waals surface area contributed by atoms with Crippen molar-refractivity contribution in [1.82, 2.24) is 0 Å². The Balaban J connectivity index is 1.50. The van der Waals surface area contributed by atoms with Crippen LogP contribution in [0.1, 0.15) is 47.2 Å². The molecule has 6 aromatic rings. The predicted octanol–water partition coefficient (Wildman–Crippen LogP) is 8.87. The molecule has 0 N–H and O–H groups in total. The number of rotatable bonds is 6. The van der Waals surface area contributed by atoms with Gasteiger partial charge in [-0.3, -0.25) is 0 Å². The van der Waals surface area contributed by atoms with E-state index in [4.69, 9.17) is 4.74 Å². The minimum absolute atomic E-state index is 0.311. The van der Waals surface area contributed by atoms with E-state index in [1.807, 2.05) is 0 Å². The molecule has 1 nitrogen and oxygen atoms in total. The van der Waals surface area contributed by atoms with Gasteiger partial charge in [0.1, 0.15) is 11.5 Å². The van der Waals surface area contributed by atoms with Gasteiger partial charge in [0.2, 0.25) is 0 Å². The molecule has 0 radical (unpaired) electrons. The number of hydrogen-bond acceptors (Lipinski definition) is 1. The molecular weight excluding hydrogens is 594 g/mol. The first-order valence-corrected chi connectivity index (χ1v) is 18.7. The van der Waals surface area contributed by atoms with Gasteiger partial charge in [-0.25, -0.2) is 0 Å². The Morgan fingerprint density at radius 3 is 0.957 bits per heavy atom. The number of hydrogen-bond donors (Lipinski definition) is 0. The van der Waals surface area contributed by atoms with Crippen molar-refractivity contribution in [1.29, 1.82) is 0 Å². The summed E-state index contributed by atoms with van der Waals surface area (Å²) in [5.41, 5.74) is 7.60. The molecule has 228 valence electrons. The van der Waals surface area contributed by atoms with Gasteiger partial charge >= 0.3 is 0 Å². The van der Waals surface area contributed by atoms with Gasteiger partial charge in [-0.05, 0) is 110 Å². The Morgan fingerprint density at radius 1 is 0.370 bits per heavy atom. The van der Waals surface area contributed by atoms with E-state index in [2.05, 4.69) is 175 Å². The summed E-state index contributed by atoms with van der Waals surface area (Å²) in [4.78, 5) is 0. The molecule has 0 saturated heterocycles. The van der Waals surface area contributed by atoms with Gasteiger partial charge < -0.3 is 4.74 Å². The van der Waals surface area contributed by atoms with Crippen molar-refractivity contribution in [2.75, 3.05) is 0 Å². The van der Waals surface area contributed by atoms with E-state index < -0.39 is 15.8 Å². The molecule has 1 aliphatic rings. The molecule has 0 bridgehead atoms. The number of fused-ring (bicyclic) bond motifs is 2. The summed E-state index contributed by atoms with van der Waals surface area (Å²) in [6.45, 7) is 13.9. The van der Waals surface area contributed by atoms with Gasteiger partial charge in [0.05, 0.1) is 0 Å². The molecule has 0 amide bonds. The van der Waals surface area contributed by atoms with Crippen molar-refractivity contribution < 1.29 is 4.74 Å². The van der Waals surface area contributed by atoms with E-state index >= 15 is 0 Å². The van der Waals surface area contributed by atoms with Crippen LogP contribution < -0.4 is 36.6 Å². The summed E-state index contributed by atoms with van der Waals surface area (Å²) in [7, 11) is -1.70. The maximum absolute atomic E-state index is 6.98. The molecule has 0 aromatic heterocycles. The van der Waals surface area contributed by atoms with Gasteiger partial charge in [0, 0.05) is 16.5 Å². The number of aryl methyl sites for hydroxylation is 4. The van der Waals surface area contributed by atoms with E-state index in [0.29, 0.717) is 0 Å². The van der Waals surface area contributed by atoms with E-state index in [-0.39, 0.29) is 5.41 Å². The lowest BCUT2D eigenvalue weighted by molar-refractivity contribution is 0.421. The summed E-state index contributed by atoms with van der Waals surface area (Å²) in [5, 5.41) is 8.35. The Bertz CT molecular complexity index is 1840. The van der Waals surface area contributed by atoms with Crippen molar-refractivity contribution >= 4 is 47.7 Å². The molecular formula is C43H40OP2. The third-order valence-electron chi connectivity index (χ3n) is 9.39. The molecule has 0 unspecified atom stereocenters. The zero-order valence-electron chi connectivity index (χ0n) is 27.5. The molecule has 6 aromatic carbocycles. The van der Waals surface area contributed by atoms with E-state index in [9.17, 15) is 0 Å². The zero-order chi connectivity index (χ0) is 32.0. The van der Waals surface area contributed by atoms with Gasteiger partial charge in [-0.15, -0.1) is 0 Å². The highest BCUT2D eigenvalue weighted by Gasteiger charge is 2.41. The summed E-state index contributed by atoms with van der Waals surface area (Å²) in [6, 6.07) is 49.2. The second-order valence-corrected chi connectivity index (χ2v) is 17.1. The smallest absolute Gasteiger partial charge is 0.132 e. The first-order chi connectivity index (χ1) is 22.3. The molecule has 0 spiro atoms. The molecule has 7 rings (SSSR count). The topological polar surface area (TPSA) is 9.23 Å². The van der Waals surface area contributed by atoms with E-state index in [1.54, 1.807) is 0 Å². The molecule has 0 fully saturated rings. The van der Waals surface area contributed by atoms with Gasteiger partial charge in [-0.1, -0.05) is 135 Å². The van der Waals surface area contributed by atoms with Crippen LogP contribution in [0.2, 0.25) is 0 Å². The number of ether oxygens (including phenoxy) is 1. The summed E-state index contributed by atoms with van der Waals surface area (Å²) in [5.74, 6) is 1.94. The van der Waals surface area contributed by atoms with Crippen molar-refractivity contribution in [3.05, 3.63) is 167 Å². The second-order valence-electron chi connectivity index (χ2n) is 12.8. The van der Waals surface area contributed by atoms with Crippen LogP contribution in [-0.2, 0) is 5.41 Å².